The number of thiazole rings is 1. The molecule has 116 valence electrons. The van der Waals surface area contributed by atoms with Gasteiger partial charge in [-0.3, -0.25) is 0 Å². The highest BCUT2D eigenvalue weighted by Gasteiger charge is 2.21. The Kier molecular flexibility index (Phi) is 4.48. The molecule has 0 aliphatic rings. The molecule has 2 aromatic carbocycles. The van der Waals surface area contributed by atoms with E-state index in [1.54, 1.807) is 19.1 Å². The van der Waals surface area contributed by atoms with Crippen LogP contribution in [0.15, 0.2) is 54.6 Å². The van der Waals surface area contributed by atoms with Gasteiger partial charge in [-0.15, -0.1) is 11.3 Å². The van der Waals surface area contributed by atoms with E-state index in [4.69, 9.17) is 4.74 Å². The van der Waals surface area contributed by atoms with Crippen LogP contribution < -0.4 is 0 Å². The zero-order valence-corrected chi connectivity index (χ0v) is 13.3. The highest BCUT2D eigenvalue weighted by Crippen LogP contribution is 2.35. The van der Waals surface area contributed by atoms with Gasteiger partial charge in [0.2, 0.25) is 0 Å². The van der Waals surface area contributed by atoms with Crippen molar-refractivity contribution in [2.24, 2.45) is 0 Å². The van der Waals surface area contributed by atoms with E-state index < -0.39 is 5.97 Å². The number of carbonyl (C=O) groups excluding carboxylic acids is 1. The predicted octanol–water partition coefficient (Wildman–Crippen LogP) is 4.79. The number of rotatable bonds is 4. The third kappa shape index (κ3) is 3.29. The van der Waals surface area contributed by atoms with E-state index in [-0.39, 0.29) is 18.1 Å². The summed E-state index contributed by atoms with van der Waals surface area (Å²) in [5, 5.41) is 0.730. The number of ether oxygens (including phenoxy) is 1. The third-order valence-corrected chi connectivity index (χ3v) is 4.38. The first-order valence-electron chi connectivity index (χ1n) is 7.18. The summed E-state index contributed by atoms with van der Waals surface area (Å²) in [5.41, 5.74) is 1.94. The van der Waals surface area contributed by atoms with Crippen LogP contribution in [-0.4, -0.2) is 17.6 Å². The molecule has 23 heavy (non-hydrogen) atoms. The molecule has 0 aliphatic heterocycles. The molecule has 0 amide bonds. The predicted molar refractivity (Wildman–Crippen MR) is 88.9 cm³/mol. The van der Waals surface area contributed by atoms with Crippen LogP contribution in [0.2, 0.25) is 0 Å². The Morgan fingerprint density at radius 2 is 1.78 bits per heavy atom. The first kappa shape index (κ1) is 15.4. The molecule has 0 bridgehead atoms. The van der Waals surface area contributed by atoms with E-state index in [0.717, 1.165) is 16.1 Å². The van der Waals surface area contributed by atoms with Gasteiger partial charge in [-0.25, -0.2) is 14.2 Å². The largest absolute Gasteiger partial charge is 0.461 e. The van der Waals surface area contributed by atoms with Crippen LogP contribution in [0.4, 0.5) is 4.39 Å². The molecule has 3 nitrogen and oxygen atoms in total. The number of halogens is 1. The molecule has 0 N–H and O–H groups in total. The summed E-state index contributed by atoms with van der Waals surface area (Å²) in [5.74, 6) is -0.788. The molecule has 0 saturated carbocycles. The Bertz CT molecular complexity index is 813. The molecule has 0 atom stereocenters. The number of nitrogens with zero attached hydrogens (tertiary/aromatic N) is 1. The second-order valence-corrected chi connectivity index (χ2v) is 5.79. The Labute approximate surface area is 137 Å². The standard InChI is InChI=1S/C18H14FNO2S/c1-2-22-18(21)15-16(12-8-10-14(19)11-9-12)23-17(20-15)13-6-4-3-5-7-13/h3-11H,2H2,1H3. The van der Waals surface area contributed by atoms with E-state index in [0.29, 0.717) is 4.88 Å². The van der Waals surface area contributed by atoms with Gasteiger partial charge in [0, 0.05) is 5.56 Å². The van der Waals surface area contributed by atoms with Crippen LogP contribution in [0.5, 0.6) is 0 Å². The van der Waals surface area contributed by atoms with Crippen molar-refractivity contribution in [2.75, 3.05) is 6.61 Å². The number of hydrogen-bond donors (Lipinski definition) is 0. The van der Waals surface area contributed by atoms with Crippen LogP contribution in [0.1, 0.15) is 17.4 Å². The number of benzene rings is 2. The van der Waals surface area contributed by atoms with Crippen molar-refractivity contribution in [1.29, 1.82) is 0 Å². The summed E-state index contributed by atoms with van der Waals surface area (Å²) < 4.78 is 18.2. The second-order valence-electron chi connectivity index (χ2n) is 4.79. The number of hydrogen-bond acceptors (Lipinski definition) is 4. The summed E-state index contributed by atoms with van der Waals surface area (Å²) in [6.07, 6.45) is 0. The van der Waals surface area contributed by atoms with Crippen molar-refractivity contribution in [2.45, 2.75) is 6.92 Å². The van der Waals surface area contributed by atoms with Crippen LogP contribution in [0.25, 0.3) is 21.0 Å². The minimum absolute atomic E-state index is 0.266. The van der Waals surface area contributed by atoms with Gasteiger partial charge in [0.1, 0.15) is 10.8 Å². The SMILES string of the molecule is CCOC(=O)c1nc(-c2ccccc2)sc1-c1ccc(F)cc1. The normalized spacial score (nSPS) is 10.5. The highest BCUT2D eigenvalue weighted by atomic mass is 32.1. The number of esters is 1. The highest BCUT2D eigenvalue weighted by molar-refractivity contribution is 7.18. The fraction of sp³-hybridized carbons (Fsp3) is 0.111. The monoisotopic (exact) mass is 327 g/mol. The molecule has 1 aromatic heterocycles. The second kappa shape index (κ2) is 6.71. The summed E-state index contributed by atoms with van der Waals surface area (Å²) in [4.78, 5) is 17.3. The zero-order chi connectivity index (χ0) is 16.2. The molecule has 0 unspecified atom stereocenters. The minimum Gasteiger partial charge on any atom is -0.461 e. The van der Waals surface area contributed by atoms with Crippen molar-refractivity contribution in [3.63, 3.8) is 0 Å². The number of carbonyl (C=O) groups is 1. The zero-order valence-electron chi connectivity index (χ0n) is 12.5. The maximum Gasteiger partial charge on any atom is 0.358 e. The fourth-order valence-electron chi connectivity index (χ4n) is 2.16. The van der Waals surface area contributed by atoms with Gasteiger partial charge in [-0.2, -0.15) is 0 Å². The van der Waals surface area contributed by atoms with Crippen molar-refractivity contribution in [1.82, 2.24) is 4.98 Å². The van der Waals surface area contributed by atoms with Gasteiger partial charge >= 0.3 is 5.97 Å². The average Bonchev–Trinajstić information content (AvgIpc) is 3.02. The quantitative estimate of drug-likeness (QED) is 0.647. The lowest BCUT2D eigenvalue weighted by Gasteiger charge is -2.02. The Morgan fingerprint density at radius 3 is 2.43 bits per heavy atom. The molecule has 0 saturated heterocycles. The van der Waals surface area contributed by atoms with E-state index in [2.05, 4.69) is 4.98 Å². The van der Waals surface area contributed by atoms with Crippen LogP contribution in [-0.2, 0) is 4.74 Å². The summed E-state index contributed by atoms with van der Waals surface area (Å²) in [7, 11) is 0. The molecular weight excluding hydrogens is 313 g/mol. The maximum atomic E-state index is 13.1. The minimum atomic E-state index is -0.467. The Balaban J connectivity index is 2.10. The topological polar surface area (TPSA) is 39.2 Å². The summed E-state index contributed by atoms with van der Waals surface area (Å²) >= 11 is 1.39. The molecule has 0 radical (unpaired) electrons. The van der Waals surface area contributed by atoms with Crippen molar-refractivity contribution in [3.05, 3.63) is 66.1 Å². The lowest BCUT2D eigenvalue weighted by molar-refractivity contribution is 0.0521. The number of aromatic nitrogens is 1. The molecule has 0 fully saturated rings. The fourth-order valence-corrected chi connectivity index (χ4v) is 3.22. The first-order chi connectivity index (χ1) is 11.2. The van der Waals surface area contributed by atoms with Gasteiger partial charge in [-0.05, 0) is 24.6 Å². The van der Waals surface area contributed by atoms with Crippen molar-refractivity contribution in [3.8, 4) is 21.0 Å². The maximum absolute atomic E-state index is 13.1. The van der Waals surface area contributed by atoms with E-state index in [9.17, 15) is 9.18 Å². The van der Waals surface area contributed by atoms with Gasteiger partial charge in [0.05, 0.1) is 11.5 Å². The lowest BCUT2D eigenvalue weighted by atomic mass is 10.1. The van der Waals surface area contributed by atoms with E-state index in [1.165, 1.54) is 23.5 Å². The molecule has 5 heteroatoms. The molecular formula is C18H14FNO2S. The van der Waals surface area contributed by atoms with Crippen LogP contribution in [0, 0.1) is 5.82 Å². The van der Waals surface area contributed by atoms with E-state index in [1.807, 2.05) is 30.3 Å². The van der Waals surface area contributed by atoms with Crippen molar-refractivity contribution >= 4 is 17.3 Å². The van der Waals surface area contributed by atoms with Crippen molar-refractivity contribution < 1.29 is 13.9 Å². The van der Waals surface area contributed by atoms with Gasteiger partial charge in [0.15, 0.2) is 5.69 Å². The lowest BCUT2D eigenvalue weighted by Crippen LogP contribution is -2.06. The molecule has 0 aliphatic carbocycles. The Morgan fingerprint density at radius 1 is 1.09 bits per heavy atom. The molecule has 3 aromatic rings. The molecule has 3 rings (SSSR count). The summed E-state index contributed by atoms with van der Waals surface area (Å²) in [6.45, 7) is 2.03. The van der Waals surface area contributed by atoms with Crippen LogP contribution in [0.3, 0.4) is 0 Å². The average molecular weight is 327 g/mol. The van der Waals surface area contributed by atoms with Gasteiger partial charge in [0.25, 0.3) is 0 Å². The van der Waals surface area contributed by atoms with E-state index >= 15 is 0 Å². The van der Waals surface area contributed by atoms with Crippen LogP contribution >= 0.6 is 11.3 Å². The van der Waals surface area contributed by atoms with Gasteiger partial charge in [-0.1, -0.05) is 42.5 Å². The molecule has 0 spiro atoms. The smallest absolute Gasteiger partial charge is 0.358 e. The van der Waals surface area contributed by atoms with Gasteiger partial charge < -0.3 is 4.74 Å². The first-order valence-corrected chi connectivity index (χ1v) is 8.00. The third-order valence-electron chi connectivity index (χ3n) is 3.22. The summed E-state index contributed by atoms with van der Waals surface area (Å²) in [6, 6.07) is 15.6. The Hall–Kier alpha value is -2.53. The molecule has 1 heterocycles.